The number of aromatic nitrogens is 3. The van der Waals surface area contributed by atoms with Gasteiger partial charge in [0.25, 0.3) is 5.91 Å². The van der Waals surface area contributed by atoms with E-state index in [9.17, 15) is 4.79 Å². The molecule has 4 heterocycles. The summed E-state index contributed by atoms with van der Waals surface area (Å²) in [4.78, 5) is 18.2. The number of nitrogens with two attached hydrogens (primary N) is 1. The molecule has 0 aliphatic carbocycles. The molecule has 120 valence electrons. The third kappa shape index (κ3) is 2.89. The van der Waals surface area contributed by atoms with Gasteiger partial charge in [-0.1, -0.05) is 6.07 Å². The highest BCUT2D eigenvalue weighted by molar-refractivity contribution is 7.12. The number of carbonyl (C=O) groups is 1. The first-order valence-corrected chi connectivity index (χ1v) is 8.96. The Bertz CT molecular complexity index is 1000. The summed E-state index contributed by atoms with van der Waals surface area (Å²) in [5.41, 5.74) is 8.23. The Kier molecular flexibility index (Phi) is 3.75. The molecule has 8 heteroatoms. The minimum atomic E-state index is -0.0641. The van der Waals surface area contributed by atoms with E-state index in [0.29, 0.717) is 17.1 Å². The number of rotatable bonds is 4. The third-order valence-electron chi connectivity index (χ3n) is 3.51. The maximum atomic E-state index is 12.3. The molecule has 4 aromatic heterocycles. The number of anilines is 1. The maximum absolute atomic E-state index is 12.3. The number of nitrogens with zero attached hydrogens (tertiary/aromatic N) is 3. The summed E-state index contributed by atoms with van der Waals surface area (Å²) in [7, 11) is 0. The first kappa shape index (κ1) is 14.9. The first-order chi connectivity index (χ1) is 11.7. The first-order valence-electron chi connectivity index (χ1n) is 7.20. The molecule has 24 heavy (non-hydrogen) atoms. The van der Waals surface area contributed by atoms with Crippen molar-refractivity contribution in [1.29, 1.82) is 0 Å². The van der Waals surface area contributed by atoms with Crippen LogP contribution in [0.1, 0.15) is 14.5 Å². The number of hydrogen-bond donors (Lipinski definition) is 2. The fourth-order valence-electron chi connectivity index (χ4n) is 2.35. The van der Waals surface area contributed by atoms with Gasteiger partial charge in [0, 0.05) is 16.6 Å². The third-order valence-corrected chi connectivity index (χ3v) is 5.31. The quantitative estimate of drug-likeness (QED) is 0.589. The van der Waals surface area contributed by atoms with Crippen molar-refractivity contribution in [2.75, 3.05) is 5.73 Å². The minimum absolute atomic E-state index is 0.0641. The molecule has 0 fully saturated rings. The van der Waals surface area contributed by atoms with E-state index in [1.807, 2.05) is 47.3 Å². The van der Waals surface area contributed by atoms with Gasteiger partial charge >= 0.3 is 0 Å². The van der Waals surface area contributed by atoms with Crippen molar-refractivity contribution in [3.05, 3.63) is 57.0 Å². The highest BCUT2D eigenvalue weighted by Gasteiger charge is 2.11. The molecule has 0 saturated carbocycles. The Morgan fingerprint density at radius 1 is 1.25 bits per heavy atom. The van der Waals surface area contributed by atoms with Crippen LogP contribution in [0.4, 0.5) is 5.95 Å². The van der Waals surface area contributed by atoms with Crippen LogP contribution in [0.3, 0.4) is 0 Å². The normalized spacial score (nSPS) is 11.0. The lowest BCUT2D eigenvalue weighted by Crippen LogP contribution is -2.21. The monoisotopic (exact) mass is 355 g/mol. The van der Waals surface area contributed by atoms with Crippen LogP contribution in [0.5, 0.6) is 0 Å². The predicted molar refractivity (Wildman–Crippen MR) is 96.2 cm³/mol. The summed E-state index contributed by atoms with van der Waals surface area (Å²) in [5, 5.41) is 11.0. The van der Waals surface area contributed by atoms with Gasteiger partial charge in [-0.25, -0.2) is 4.52 Å². The largest absolute Gasteiger partial charge is 0.366 e. The van der Waals surface area contributed by atoms with Crippen LogP contribution in [0, 0.1) is 0 Å². The Hall–Kier alpha value is -2.71. The molecule has 4 rings (SSSR count). The Labute approximate surface area is 145 Å². The maximum Gasteiger partial charge on any atom is 0.261 e. The van der Waals surface area contributed by atoms with Gasteiger partial charge in [-0.2, -0.15) is 4.98 Å². The zero-order valence-corrected chi connectivity index (χ0v) is 14.1. The second-order valence-corrected chi connectivity index (χ2v) is 7.10. The number of pyridine rings is 1. The van der Waals surface area contributed by atoms with E-state index in [-0.39, 0.29) is 11.9 Å². The number of thiophene rings is 2. The molecular formula is C16H13N5OS2. The summed E-state index contributed by atoms with van der Waals surface area (Å²) in [6.07, 6.45) is 1.86. The van der Waals surface area contributed by atoms with Crippen molar-refractivity contribution < 1.29 is 4.79 Å². The number of carbonyl (C=O) groups excluding carboxylic acids is 1. The molecule has 4 aromatic rings. The SMILES string of the molecule is Nc1nc2ccc(-c3csc(C(=O)NCc4cccs4)c3)cn2n1. The highest BCUT2D eigenvalue weighted by Crippen LogP contribution is 2.26. The Balaban J connectivity index is 1.53. The summed E-state index contributed by atoms with van der Waals surface area (Å²) >= 11 is 3.05. The van der Waals surface area contributed by atoms with Crippen molar-refractivity contribution in [2.24, 2.45) is 0 Å². The number of hydrogen-bond acceptors (Lipinski definition) is 6. The number of amides is 1. The average molecular weight is 355 g/mol. The molecule has 0 aromatic carbocycles. The van der Waals surface area contributed by atoms with Gasteiger partial charge in [0.15, 0.2) is 5.65 Å². The standard InChI is InChI=1S/C16H13N5OS2/c17-16-19-14-4-3-10(8-21(14)20-16)11-6-13(24-9-11)15(22)18-7-12-2-1-5-23-12/h1-6,8-9H,7H2,(H2,17,20)(H,18,22). The molecule has 0 aliphatic rings. The van der Waals surface area contributed by atoms with E-state index in [0.717, 1.165) is 16.0 Å². The topological polar surface area (TPSA) is 85.3 Å². The average Bonchev–Trinajstić information content (AvgIpc) is 3.31. The van der Waals surface area contributed by atoms with Gasteiger partial charge < -0.3 is 11.1 Å². The molecule has 3 N–H and O–H groups in total. The summed E-state index contributed by atoms with van der Waals surface area (Å²) in [6, 6.07) is 9.66. The molecule has 0 saturated heterocycles. The van der Waals surface area contributed by atoms with E-state index in [2.05, 4.69) is 15.4 Å². The van der Waals surface area contributed by atoms with Crippen molar-refractivity contribution >= 4 is 40.2 Å². The van der Waals surface area contributed by atoms with Gasteiger partial charge in [-0.15, -0.1) is 27.8 Å². The summed E-state index contributed by atoms with van der Waals surface area (Å²) < 4.78 is 1.64. The summed E-state index contributed by atoms with van der Waals surface area (Å²) in [6.45, 7) is 0.550. The van der Waals surface area contributed by atoms with Crippen molar-refractivity contribution in [3.63, 3.8) is 0 Å². The van der Waals surface area contributed by atoms with Crippen LogP contribution in [0.2, 0.25) is 0 Å². The Morgan fingerprint density at radius 3 is 3.00 bits per heavy atom. The molecule has 1 amide bonds. The van der Waals surface area contributed by atoms with Gasteiger partial charge in [0.2, 0.25) is 5.95 Å². The van der Waals surface area contributed by atoms with Gasteiger partial charge in [0.05, 0.1) is 11.4 Å². The molecule has 0 unspecified atom stereocenters. The van der Waals surface area contributed by atoms with Crippen molar-refractivity contribution in [1.82, 2.24) is 19.9 Å². The van der Waals surface area contributed by atoms with Crippen LogP contribution >= 0.6 is 22.7 Å². The molecule has 6 nitrogen and oxygen atoms in total. The van der Waals surface area contributed by atoms with E-state index in [4.69, 9.17) is 5.73 Å². The lowest BCUT2D eigenvalue weighted by molar-refractivity contribution is 0.0955. The zero-order chi connectivity index (χ0) is 16.5. The molecular weight excluding hydrogens is 342 g/mol. The molecule has 0 atom stereocenters. The van der Waals surface area contributed by atoms with E-state index < -0.39 is 0 Å². The lowest BCUT2D eigenvalue weighted by Gasteiger charge is -2.01. The molecule has 0 aliphatic heterocycles. The van der Waals surface area contributed by atoms with Crippen molar-refractivity contribution in [2.45, 2.75) is 6.54 Å². The van der Waals surface area contributed by atoms with Gasteiger partial charge in [0.1, 0.15) is 0 Å². The van der Waals surface area contributed by atoms with Crippen LogP contribution < -0.4 is 11.1 Å². The predicted octanol–water partition coefficient (Wildman–Crippen LogP) is 3.03. The van der Waals surface area contributed by atoms with Crippen LogP contribution in [-0.4, -0.2) is 20.5 Å². The molecule has 0 spiro atoms. The summed E-state index contributed by atoms with van der Waals surface area (Å²) in [5.74, 6) is 0.178. The lowest BCUT2D eigenvalue weighted by atomic mass is 10.1. The fourth-order valence-corrected chi connectivity index (χ4v) is 3.82. The van der Waals surface area contributed by atoms with Crippen LogP contribution in [0.25, 0.3) is 16.8 Å². The Morgan fingerprint density at radius 2 is 2.17 bits per heavy atom. The van der Waals surface area contributed by atoms with Gasteiger partial charge in [-0.05, 0) is 40.6 Å². The second kappa shape index (κ2) is 6.06. The van der Waals surface area contributed by atoms with Crippen molar-refractivity contribution in [3.8, 4) is 11.1 Å². The smallest absolute Gasteiger partial charge is 0.261 e. The molecule has 0 bridgehead atoms. The van der Waals surface area contributed by atoms with Crippen LogP contribution in [-0.2, 0) is 6.54 Å². The number of nitrogens with one attached hydrogen (secondary N) is 1. The zero-order valence-electron chi connectivity index (χ0n) is 12.5. The number of nitrogen functional groups attached to an aromatic ring is 1. The fraction of sp³-hybridized carbons (Fsp3) is 0.0625. The minimum Gasteiger partial charge on any atom is -0.366 e. The molecule has 0 radical (unpaired) electrons. The van der Waals surface area contributed by atoms with E-state index in [1.165, 1.54) is 11.3 Å². The van der Waals surface area contributed by atoms with Crippen LogP contribution in [0.15, 0.2) is 47.3 Å². The number of fused-ring (bicyclic) bond motifs is 1. The van der Waals surface area contributed by atoms with Gasteiger partial charge in [-0.3, -0.25) is 4.79 Å². The second-order valence-electron chi connectivity index (χ2n) is 5.15. The van der Waals surface area contributed by atoms with E-state index in [1.54, 1.807) is 15.9 Å². The highest BCUT2D eigenvalue weighted by atomic mass is 32.1. The van der Waals surface area contributed by atoms with E-state index >= 15 is 0 Å².